The van der Waals surface area contributed by atoms with E-state index in [0.29, 0.717) is 12.8 Å². The molecule has 7 heteroatoms. The van der Waals surface area contributed by atoms with Crippen molar-refractivity contribution in [2.24, 2.45) is 0 Å². The van der Waals surface area contributed by atoms with Gasteiger partial charge < -0.3 is 9.66 Å². The first-order valence-corrected chi connectivity index (χ1v) is 10.3. The van der Waals surface area contributed by atoms with Gasteiger partial charge in [-0.05, 0) is 67.9 Å². The second-order valence-corrected chi connectivity index (χ2v) is 6.51. The molecule has 1 atom stereocenters. The summed E-state index contributed by atoms with van der Waals surface area (Å²) in [6, 6.07) is 0. The molecule has 0 radical (unpaired) electrons. The van der Waals surface area contributed by atoms with Gasteiger partial charge in [0.2, 0.25) is 10.4 Å². The van der Waals surface area contributed by atoms with Crippen molar-refractivity contribution in [2.75, 3.05) is 6.61 Å². The molecule has 0 rings (SSSR count). The Morgan fingerprint density at radius 3 is 2.17 bits per heavy atom. The van der Waals surface area contributed by atoms with Crippen LogP contribution in [0.15, 0.2) is 24.3 Å². The molecule has 0 unspecified atom stereocenters. The molecule has 30 heavy (non-hydrogen) atoms. The van der Waals surface area contributed by atoms with Gasteiger partial charge in [0.1, 0.15) is 12.7 Å². The van der Waals surface area contributed by atoms with Crippen LogP contribution in [-0.4, -0.2) is 30.8 Å². The molecule has 0 bridgehead atoms. The van der Waals surface area contributed by atoms with E-state index in [1.54, 1.807) is 6.08 Å². The first-order chi connectivity index (χ1) is 14.0. The summed E-state index contributed by atoms with van der Waals surface area (Å²) in [7, 11) is -4.83. The zero-order valence-electron chi connectivity index (χ0n) is 17.1. The molecular formula is C23H23NaO5S. The third kappa shape index (κ3) is 26.1. The van der Waals surface area contributed by atoms with Gasteiger partial charge in [-0.2, -0.15) is 0 Å². The molecule has 0 aromatic heterocycles. The van der Waals surface area contributed by atoms with E-state index < -0.39 is 23.1 Å². The summed E-state index contributed by atoms with van der Waals surface area (Å²) >= 11 is 0. The van der Waals surface area contributed by atoms with Gasteiger partial charge in [-0.3, -0.25) is 4.18 Å². The zero-order chi connectivity index (χ0) is 21.6. The predicted octanol–water partition coefficient (Wildman–Crippen LogP) is -0.682. The molecule has 0 aromatic carbocycles. The van der Waals surface area contributed by atoms with E-state index in [1.807, 2.05) is 18.2 Å². The molecule has 0 saturated carbocycles. The van der Waals surface area contributed by atoms with Crippen LogP contribution in [0.5, 0.6) is 0 Å². The molecule has 0 aromatic rings. The monoisotopic (exact) mass is 434 g/mol. The number of aliphatic hydroxyl groups excluding tert-OH is 1. The molecule has 0 aliphatic carbocycles. The van der Waals surface area contributed by atoms with Gasteiger partial charge in [0.25, 0.3) is 0 Å². The fraction of sp³-hybridized carbons (Fsp3) is 0.391. The van der Waals surface area contributed by atoms with Gasteiger partial charge in [0.15, 0.2) is 0 Å². The Morgan fingerprint density at radius 1 is 0.967 bits per heavy atom. The SMILES string of the molecule is C#C/C=C\CCCC/C=C\C#CC#CCCCC#CC#C[C@@H](O)COS(=O)(=O)[O-].[Na+]. The largest absolute Gasteiger partial charge is 1.00 e. The van der Waals surface area contributed by atoms with Crippen molar-refractivity contribution in [3.05, 3.63) is 24.3 Å². The number of aliphatic hydroxyl groups is 1. The molecular weight excluding hydrogens is 411 g/mol. The van der Waals surface area contributed by atoms with Crippen molar-refractivity contribution in [2.45, 2.75) is 51.0 Å². The first-order valence-electron chi connectivity index (χ1n) is 8.97. The number of hydrogen-bond donors (Lipinski definition) is 1. The molecule has 0 spiro atoms. The van der Waals surface area contributed by atoms with Gasteiger partial charge >= 0.3 is 29.6 Å². The van der Waals surface area contributed by atoms with Gasteiger partial charge in [-0.1, -0.05) is 41.8 Å². The van der Waals surface area contributed by atoms with Crippen LogP contribution in [0.4, 0.5) is 0 Å². The number of terminal acetylenes is 1. The second kappa shape index (κ2) is 21.8. The van der Waals surface area contributed by atoms with Crippen molar-refractivity contribution in [3.8, 4) is 59.7 Å². The number of hydrogen-bond acceptors (Lipinski definition) is 5. The van der Waals surface area contributed by atoms with Crippen molar-refractivity contribution in [3.63, 3.8) is 0 Å². The van der Waals surface area contributed by atoms with E-state index in [0.717, 1.165) is 32.1 Å². The number of allylic oxidation sites excluding steroid dienone is 4. The average Bonchev–Trinajstić information content (AvgIpc) is 2.67. The molecule has 0 saturated heterocycles. The van der Waals surface area contributed by atoms with Crippen LogP contribution in [0.3, 0.4) is 0 Å². The Kier molecular flexibility index (Phi) is 22.0. The summed E-state index contributed by atoms with van der Waals surface area (Å²) < 4.78 is 34.4. The van der Waals surface area contributed by atoms with Crippen LogP contribution >= 0.6 is 0 Å². The second-order valence-electron chi connectivity index (χ2n) is 5.46. The Balaban J connectivity index is 0. The molecule has 152 valence electrons. The van der Waals surface area contributed by atoms with Crippen LogP contribution < -0.4 is 29.6 Å². The van der Waals surface area contributed by atoms with Crippen LogP contribution in [-0.2, 0) is 14.6 Å². The smallest absolute Gasteiger partial charge is 0.726 e. The van der Waals surface area contributed by atoms with Gasteiger partial charge in [0.05, 0.1) is 0 Å². The first kappa shape index (κ1) is 30.3. The average molecular weight is 434 g/mol. The standard InChI is InChI=1S/C23H24O5S.Na/c1-2-3-4-5-6-7-8-9-10-11-12-13-14-15-16-17-18-19-20-21-23(24)22-28-29(25,26)27;/h1,3-4,9-10,23-24H,5-8,15-17,22H2,(H,25,26,27);/q;+1/p-1/b4-3-,10-9-;/t23-;/m1./s1. The summed E-state index contributed by atoms with van der Waals surface area (Å²) in [6.45, 7) is -0.711. The van der Waals surface area contributed by atoms with Crippen LogP contribution in [0.2, 0.25) is 0 Å². The predicted molar refractivity (Wildman–Crippen MR) is 112 cm³/mol. The van der Waals surface area contributed by atoms with E-state index in [-0.39, 0.29) is 29.6 Å². The molecule has 0 aliphatic heterocycles. The Morgan fingerprint density at radius 2 is 1.57 bits per heavy atom. The van der Waals surface area contributed by atoms with Crippen LogP contribution in [0, 0.1) is 59.7 Å². The maximum Gasteiger partial charge on any atom is 1.00 e. The normalized spacial score (nSPS) is 10.7. The summed E-state index contributed by atoms with van der Waals surface area (Å²) in [5, 5.41) is 9.24. The maximum absolute atomic E-state index is 10.2. The van der Waals surface area contributed by atoms with Gasteiger partial charge in [-0.15, -0.1) is 6.42 Å². The van der Waals surface area contributed by atoms with E-state index in [4.69, 9.17) is 6.42 Å². The van der Waals surface area contributed by atoms with Crippen LogP contribution in [0.25, 0.3) is 0 Å². The Bertz CT molecular complexity index is 927. The molecule has 0 heterocycles. The van der Waals surface area contributed by atoms with E-state index in [2.05, 4.69) is 57.5 Å². The van der Waals surface area contributed by atoms with Crippen molar-refractivity contribution < 1.29 is 51.8 Å². The molecule has 1 N–H and O–H groups in total. The third-order valence-corrected chi connectivity index (χ3v) is 3.42. The molecule has 0 amide bonds. The quantitative estimate of drug-likeness (QED) is 0.162. The summed E-state index contributed by atoms with van der Waals surface area (Å²) in [5.41, 5.74) is 0. The molecule has 5 nitrogen and oxygen atoms in total. The van der Waals surface area contributed by atoms with Gasteiger partial charge in [0, 0.05) is 12.8 Å². The van der Waals surface area contributed by atoms with Crippen molar-refractivity contribution in [1.82, 2.24) is 0 Å². The minimum Gasteiger partial charge on any atom is -0.726 e. The minimum absolute atomic E-state index is 0. The fourth-order valence-electron chi connectivity index (χ4n) is 1.68. The van der Waals surface area contributed by atoms with E-state index >= 15 is 0 Å². The molecule has 0 aliphatic rings. The topological polar surface area (TPSA) is 86.7 Å². The maximum atomic E-state index is 10.2. The number of rotatable bonds is 10. The summed E-state index contributed by atoms with van der Waals surface area (Å²) in [6.07, 6.45) is 17.4. The fourth-order valence-corrected chi connectivity index (χ4v) is 1.98. The summed E-state index contributed by atoms with van der Waals surface area (Å²) in [4.78, 5) is 0. The Hall–Kier alpha value is -1.89. The van der Waals surface area contributed by atoms with Crippen molar-refractivity contribution >= 4 is 10.4 Å². The van der Waals surface area contributed by atoms with E-state index in [9.17, 15) is 18.1 Å². The molecule has 0 fully saturated rings. The van der Waals surface area contributed by atoms with Gasteiger partial charge in [-0.25, -0.2) is 8.42 Å². The summed E-state index contributed by atoms with van der Waals surface area (Å²) in [5.74, 6) is 23.7. The minimum atomic E-state index is -4.83. The Labute approximate surface area is 203 Å². The van der Waals surface area contributed by atoms with Crippen molar-refractivity contribution in [1.29, 1.82) is 0 Å². The third-order valence-electron chi connectivity index (χ3n) is 2.99. The zero-order valence-corrected chi connectivity index (χ0v) is 19.9. The van der Waals surface area contributed by atoms with Crippen LogP contribution in [0.1, 0.15) is 44.9 Å². The van der Waals surface area contributed by atoms with E-state index in [1.165, 1.54) is 0 Å². The number of unbranched alkanes of at least 4 members (excludes halogenated alkanes) is 5.